The van der Waals surface area contributed by atoms with E-state index in [-0.39, 0.29) is 5.69 Å². The number of aromatic carboxylic acids is 1. The molecule has 0 bridgehead atoms. The lowest BCUT2D eigenvalue weighted by Gasteiger charge is -2.05. The maximum atomic E-state index is 11.1. The van der Waals surface area contributed by atoms with Gasteiger partial charge in [0.1, 0.15) is 5.75 Å². The number of benzene rings is 1. The fraction of sp³-hybridized carbons (Fsp3) is 0.167. The Hall–Kier alpha value is -1.40. The molecule has 0 aliphatic rings. The summed E-state index contributed by atoms with van der Waals surface area (Å²) in [6, 6.07) is 5.45. The first-order chi connectivity index (χ1) is 8.52. The van der Waals surface area contributed by atoms with Crippen LogP contribution in [0.3, 0.4) is 0 Å². The molecule has 0 saturated carbocycles. The van der Waals surface area contributed by atoms with Gasteiger partial charge in [0.15, 0.2) is 5.69 Å². The number of carbonyl (C=O) groups is 1. The van der Waals surface area contributed by atoms with Crippen molar-refractivity contribution < 1.29 is 14.6 Å². The summed E-state index contributed by atoms with van der Waals surface area (Å²) in [5.74, 6) is -0.307. The molecule has 4 nitrogen and oxygen atoms in total. The molecule has 0 atom stereocenters. The van der Waals surface area contributed by atoms with Crippen LogP contribution in [-0.2, 0) is 0 Å². The Morgan fingerprint density at radius 1 is 1.50 bits per heavy atom. The van der Waals surface area contributed by atoms with E-state index in [2.05, 4.69) is 20.9 Å². The average Bonchev–Trinajstić information content (AvgIpc) is 2.71. The Morgan fingerprint density at radius 3 is 2.78 bits per heavy atom. The molecular weight excluding hydrogens is 318 g/mol. The zero-order valence-corrected chi connectivity index (χ0v) is 12.1. The van der Waals surface area contributed by atoms with E-state index >= 15 is 0 Å². The first kappa shape index (κ1) is 13.0. The van der Waals surface area contributed by atoms with Crippen LogP contribution in [0.2, 0.25) is 0 Å². The van der Waals surface area contributed by atoms with Crippen molar-refractivity contribution in [3.63, 3.8) is 0 Å². The Balaban J connectivity index is 2.55. The summed E-state index contributed by atoms with van der Waals surface area (Å²) < 4.78 is 5.93. The third-order valence-electron chi connectivity index (χ3n) is 2.35. The minimum atomic E-state index is -1.01. The zero-order valence-electron chi connectivity index (χ0n) is 9.73. The van der Waals surface area contributed by atoms with Gasteiger partial charge in [-0.05, 0) is 46.6 Å². The molecule has 1 heterocycles. The Kier molecular flexibility index (Phi) is 3.68. The van der Waals surface area contributed by atoms with Crippen molar-refractivity contribution in [2.75, 3.05) is 7.11 Å². The van der Waals surface area contributed by atoms with Gasteiger partial charge >= 0.3 is 5.97 Å². The van der Waals surface area contributed by atoms with Gasteiger partial charge in [0.25, 0.3) is 0 Å². The smallest absolute Gasteiger partial charge is 0.356 e. The maximum Gasteiger partial charge on any atom is 0.356 e. The molecule has 0 radical (unpaired) electrons. The van der Waals surface area contributed by atoms with Crippen molar-refractivity contribution in [1.82, 2.24) is 4.98 Å². The second kappa shape index (κ2) is 5.07. The fourth-order valence-electron chi connectivity index (χ4n) is 1.58. The van der Waals surface area contributed by atoms with Crippen LogP contribution >= 0.6 is 27.3 Å². The number of rotatable bonds is 3. The fourth-order valence-corrected chi connectivity index (χ4v) is 3.02. The average molecular weight is 328 g/mol. The predicted molar refractivity (Wildman–Crippen MR) is 73.5 cm³/mol. The molecule has 1 N–H and O–H groups in total. The van der Waals surface area contributed by atoms with Gasteiger partial charge in [-0.2, -0.15) is 0 Å². The van der Waals surface area contributed by atoms with Crippen LogP contribution in [0.4, 0.5) is 0 Å². The van der Waals surface area contributed by atoms with Crippen molar-refractivity contribution in [3.05, 3.63) is 33.4 Å². The van der Waals surface area contributed by atoms with Crippen LogP contribution in [0.5, 0.6) is 5.75 Å². The molecule has 18 heavy (non-hydrogen) atoms. The molecular formula is C12H10BrNO3S. The number of hydrogen-bond acceptors (Lipinski definition) is 4. The number of halogens is 1. The highest BCUT2D eigenvalue weighted by atomic mass is 79.9. The molecule has 2 rings (SSSR count). The number of hydrogen-bond donors (Lipinski definition) is 1. The number of carboxylic acid groups (broad SMARTS) is 1. The van der Waals surface area contributed by atoms with E-state index in [9.17, 15) is 4.79 Å². The Morgan fingerprint density at radius 2 is 2.22 bits per heavy atom. The van der Waals surface area contributed by atoms with Crippen molar-refractivity contribution >= 4 is 33.2 Å². The summed E-state index contributed by atoms with van der Waals surface area (Å²) >= 11 is 4.75. The van der Waals surface area contributed by atoms with Gasteiger partial charge < -0.3 is 9.84 Å². The topological polar surface area (TPSA) is 59.4 Å². The van der Waals surface area contributed by atoms with Crippen molar-refractivity contribution in [2.24, 2.45) is 0 Å². The molecule has 0 unspecified atom stereocenters. The summed E-state index contributed by atoms with van der Waals surface area (Å²) in [5, 5.41) is 9.85. The van der Waals surface area contributed by atoms with Crippen LogP contribution < -0.4 is 4.74 Å². The molecule has 0 fully saturated rings. The second-order valence-corrected chi connectivity index (χ2v) is 5.62. The molecule has 1 aromatic carbocycles. The number of ether oxygens (including phenoxy) is 1. The van der Waals surface area contributed by atoms with E-state index < -0.39 is 5.97 Å². The van der Waals surface area contributed by atoms with E-state index in [1.165, 1.54) is 11.3 Å². The molecule has 2 aromatic rings. The van der Waals surface area contributed by atoms with E-state index in [0.29, 0.717) is 10.6 Å². The minimum absolute atomic E-state index is 0.0922. The van der Waals surface area contributed by atoms with Gasteiger partial charge in [-0.15, -0.1) is 11.3 Å². The first-order valence-electron chi connectivity index (χ1n) is 5.07. The largest absolute Gasteiger partial charge is 0.496 e. The molecule has 1 aromatic heterocycles. The number of aryl methyl sites for hydroxylation is 1. The van der Waals surface area contributed by atoms with Crippen LogP contribution in [0.15, 0.2) is 22.7 Å². The highest BCUT2D eigenvalue weighted by Gasteiger charge is 2.18. The van der Waals surface area contributed by atoms with E-state index in [0.717, 1.165) is 15.0 Å². The normalized spacial score (nSPS) is 10.4. The van der Waals surface area contributed by atoms with Gasteiger partial charge in [0.2, 0.25) is 0 Å². The Bertz CT molecular complexity index is 609. The van der Waals surface area contributed by atoms with Crippen LogP contribution in [-0.4, -0.2) is 23.2 Å². The Labute approximate surface area is 116 Å². The predicted octanol–water partition coefficient (Wildman–Crippen LogP) is 3.59. The minimum Gasteiger partial charge on any atom is -0.496 e. The lowest BCUT2D eigenvalue weighted by atomic mass is 10.1. The van der Waals surface area contributed by atoms with Gasteiger partial charge in [-0.3, -0.25) is 0 Å². The number of thiazole rings is 1. The molecule has 0 spiro atoms. The highest BCUT2D eigenvalue weighted by molar-refractivity contribution is 9.10. The van der Waals surface area contributed by atoms with Crippen LogP contribution in [0.1, 0.15) is 15.5 Å². The van der Waals surface area contributed by atoms with Crippen molar-refractivity contribution in [2.45, 2.75) is 6.92 Å². The van der Waals surface area contributed by atoms with Gasteiger partial charge in [0, 0.05) is 0 Å². The van der Waals surface area contributed by atoms with E-state index in [1.54, 1.807) is 20.1 Å². The molecule has 0 amide bonds. The number of carboxylic acids is 1. The molecule has 0 aliphatic heterocycles. The highest BCUT2D eigenvalue weighted by Crippen LogP contribution is 2.35. The van der Waals surface area contributed by atoms with E-state index in [1.807, 2.05) is 12.1 Å². The molecule has 0 saturated heterocycles. The summed E-state index contributed by atoms with van der Waals surface area (Å²) in [5.41, 5.74) is 0.903. The third kappa shape index (κ3) is 2.39. The molecule has 0 aliphatic carbocycles. The van der Waals surface area contributed by atoms with Crippen molar-refractivity contribution in [3.8, 4) is 16.2 Å². The molecule has 94 valence electrons. The summed E-state index contributed by atoms with van der Waals surface area (Å²) in [6.45, 7) is 1.79. The van der Waals surface area contributed by atoms with Crippen LogP contribution in [0, 0.1) is 6.92 Å². The molecule has 6 heteroatoms. The standard InChI is InChI=1S/C12H10BrNO3S/c1-6-14-10(12(15)16)11(18-6)7-3-4-9(17-2)8(13)5-7/h3-5H,1-2H3,(H,15,16). The quantitative estimate of drug-likeness (QED) is 0.935. The number of aromatic nitrogens is 1. The van der Waals surface area contributed by atoms with E-state index in [4.69, 9.17) is 9.84 Å². The van der Waals surface area contributed by atoms with Crippen molar-refractivity contribution in [1.29, 1.82) is 0 Å². The SMILES string of the molecule is COc1ccc(-c2sc(C)nc2C(=O)O)cc1Br. The van der Waals surface area contributed by atoms with Gasteiger partial charge in [0.05, 0.1) is 21.5 Å². The third-order valence-corrected chi connectivity index (χ3v) is 3.99. The summed E-state index contributed by atoms with van der Waals surface area (Å²) in [6.07, 6.45) is 0. The lowest BCUT2D eigenvalue weighted by Crippen LogP contribution is -1.98. The first-order valence-corrected chi connectivity index (χ1v) is 6.68. The zero-order chi connectivity index (χ0) is 13.3. The summed E-state index contributed by atoms with van der Waals surface area (Å²) in [7, 11) is 1.58. The van der Waals surface area contributed by atoms with Gasteiger partial charge in [-0.1, -0.05) is 0 Å². The number of nitrogens with zero attached hydrogens (tertiary/aromatic N) is 1. The second-order valence-electron chi connectivity index (χ2n) is 3.57. The van der Waals surface area contributed by atoms with Gasteiger partial charge in [-0.25, -0.2) is 9.78 Å². The number of methoxy groups -OCH3 is 1. The van der Waals surface area contributed by atoms with Crippen LogP contribution in [0.25, 0.3) is 10.4 Å². The maximum absolute atomic E-state index is 11.1. The summed E-state index contributed by atoms with van der Waals surface area (Å²) in [4.78, 5) is 15.8. The lowest BCUT2D eigenvalue weighted by molar-refractivity contribution is 0.0692. The monoisotopic (exact) mass is 327 g/mol.